The summed E-state index contributed by atoms with van der Waals surface area (Å²) >= 11 is 1.70. The van der Waals surface area contributed by atoms with Gasteiger partial charge in [0.05, 0.1) is 5.56 Å². The molecule has 1 nitrogen and oxygen atoms in total. The molecule has 2 N–H and O–H groups in total. The molecule has 1 heterocycles. The minimum Gasteiger partial charge on any atom is -0.323 e. The zero-order chi connectivity index (χ0) is 15.0. The number of halogens is 3. The van der Waals surface area contributed by atoms with Crippen LogP contribution in [0, 0.1) is 0 Å². The third-order valence-corrected chi connectivity index (χ3v) is 5.11. The Kier molecular flexibility index (Phi) is 3.71. The van der Waals surface area contributed by atoms with Crippen LogP contribution in [0.15, 0.2) is 53.4 Å². The Labute approximate surface area is 125 Å². The standard InChI is InChI=1S/C16H14F3NS/c17-16(18,19)12-7-5-10(6-8-12)15(20)14-9-11-3-1-2-4-13(11)21-14/h1-8,14-15H,9,20H2. The molecule has 1 aliphatic heterocycles. The quantitative estimate of drug-likeness (QED) is 0.888. The van der Waals surface area contributed by atoms with Crippen molar-refractivity contribution in [1.82, 2.24) is 0 Å². The summed E-state index contributed by atoms with van der Waals surface area (Å²) in [5.74, 6) is 0. The highest BCUT2D eigenvalue weighted by atomic mass is 32.2. The molecule has 2 aromatic carbocycles. The van der Waals surface area contributed by atoms with Gasteiger partial charge in [-0.25, -0.2) is 0 Å². The maximum absolute atomic E-state index is 12.6. The third kappa shape index (κ3) is 2.94. The molecule has 2 unspecified atom stereocenters. The van der Waals surface area contributed by atoms with Crippen LogP contribution in [0.5, 0.6) is 0 Å². The van der Waals surface area contributed by atoms with Gasteiger partial charge in [0.25, 0.3) is 0 Å². The Morgan fingerprint density at radius 1 is 1.05 bits per heavy atom. The van der Waals surface area contributed by atoms with Gasteiger partial charge in [-0.2, -0.15) is 13.2 Å². The molecule has 3 rings (SSSR count). The van der Waals surface area contributed by atoms with Gasteiger partial charge in [0.15, 0.2) is 0 Å². The first-order valence-corrected chi connectivity index (χ1v) is 7.50. The maximum atomic E-state index is 12.6. The zero-order valence-electron chi connectivity index (χ0n) is 11.1. The summed E-state index contributed by atoms with van der Waals surface area (Å²) in [6.45, 7) is 0. The Morgan fingerprint density at radius 3 is 2.33 bits per heavy atom. The van der Waals surface area contributed by atoms with Crippen LogP contribution in [0.1, 0.15) is 22.7 Å². The van der Waals surface area contributed by atoms with Crippen molar-refractivity contribution in [1.29, 1.82) is 0 Å². The van der Waals surface area contributed by atoms with E-state index in [0.717, 1.165) is 24.1 Å². The molecule has 5 heteroatoms. The average molecular weight is 309 g/mol. The Hall–Kier alpha value is -1.46. The molecule has 21 heavy (non-hydrogen) atoms. The van der Waals surface area contributed by atoms with Crippen LogP contribution >= 0.6 is 11.8 Å². The fourth-order valence-electron chi connectivity index (χ4n) is 2.52. The fraction of sp³-hybridized carbons (Fsp3) is 0.250. The first-order valence-electron chi connectivity index (χ1n) is 6.62. The Balaban J connectivity index is 1.76. The van der Waals surface area contributed by atoms with E-state index in [1.54, 1.807) is 11.8 Å². The van der Waals surface area contributed by atoms with E-state index in [4.69, 9.17) is 5.73 Å². The van der Waals surface area contributed by atoms with Crippen molar-refractivity contribution in [2.75, 3.05) is 0 Å². The van der Waals surface area contributed by atoms with Crippen molar-refractivity contribution in [3.8, 4) is 0 Å². The second kappa shape index (κ2) is 5.39. The number of rotatable bonds is 2. The zero-order valence-corrected chi connectivity index (χ0v) is 11.9. The Bertz CT molecular complexity index is 612. The fourth-order valence-corrected chi connectivity index (χ4v) is 3.87. The van der Waals surface area contributed by atoms with Crippen LogP contribution in [0.25, 0.3) is 0 Å². The normalized spacial score (nSPS) is 19.3. The highest BCUT2D eigenvalue weighted by molar-refractivity contribution is 8.00. The topological polar surface area (TPSA) is 26.0 Å². The van der Waals surface area contributed by atoms with E-state index in [9.17, 15) is 13.2 Å². The lowest BCUT2D eigenvalue weighted by molar-refractivity contribution is -0.137. The molecule has 0 bridgehead atoms. The molecule has 0 saturated heterocycles. The van der Waals surface area contributed by atoms with E-state index < -0.39 is 11.7 Å². The van der Waals surface area contributed by atoms with E-state index in [1.165, 1.54) is 22.6 Å². The van der Waals surface area contributed by atoms with E-state index in [-0.39, 0.29) is 11.3 Å². The van der Waals surface area contributed by atoms with Gasteiger partial charge >= 0.3 is 6.18 Å². The lowest BCUT2D eigenvalue weighted by atomic mass is 9.98. The number of fused-ring (bicyclic) bond motifs is 1. The second-order valence-electron chi connectivity index (χ2n) is 5.11. The van der Waals surface area contributed by atoms with Crippen LogP contribution in [0.3, 0.4) is 0 Å². The van der Waals surface area contributed by atoms with Gasteiger partial charge < -0.3 is 5.73 Å². The largest absolute Gasteiger partial charge is 0.416 e. The first kappa shape index (κ1) is 14.5. The number of alkyl halides is 3. The molecule has 0 fully saturated rings. The summed E-state index contributed by atoms with van der Waals surface area (Å²) in [5, 5.41) is 0.166. The minimum absolute atomic E-state index is 0.166. The molecule has 0 spiro atoms. The van der Waals surface area contributed by atoms with E-state index >= 15 is 0 Å². The van der Waals surface area contributed by atoms with Gasteiger partial charge in [-0.15, -0.1) is 11.8 Å². The highest BCUT2D eigenvalue weighted by Gasteiger charge is 2.31. The van der Waals surface area contributed by atoms with Gasteiger partial charge in [-0.3, -0.25) is 0 Å². The van der Waals surface area contributed by atoms with Crippen molar-refractivity contribution in [2.45, 2.75) is 28.8 Å². The molecule has 0 aliphatic carbocycles. The van der Waals surface area contributed by atoms with Crippen LogP contribution in [0.2, 0.25) is 0 Å². The molecule has 0 saturated carbocycles. The molecular weight excluding hydrogens is 295 g/mol. The van der Waals surface area contributed by atoms with Crippen LogP contribution in [0.4, 0.5) is 13.2 Å². The van der Waals surface area contributed by atoms with E-state index in [1.807, 2.05) is 12.1 Å². The molecule has 2 aromatic rings. The lowest BCUT2D eigenvalue weighted by Gasteiger charge is -2.19. The lowest BCUT2D eigenvalue weighted by Crippen LogP contribution is -2.23. The maximum Gasteiger partial charge on any atom is 0.416 e. The first-order chi connectivity index (χ1) is 9.95. The summed E-state index contributed by atoms with van der Waals surface area (Å²) in [7, 11) is 0. The van der Waals surface area contributed by atoms with Crippen molar-refractivity contribution < 1.29 is 13.2 Å². The summed E-state index contributed by atoms with van der Waals surface area (Å²) in [6.07, 6.45) is -3.45. The number of nitrogens with two attached hydrogens (primary N) is 1. The number of hydrogen-bond donors (Lipinski definition) is 1. The van der Waals surface area contributed by atoms with Gasteiger partial charge in [-0.05, 0) is 35.7 Å². The van der Waals surface area contributed by atoms with Crippen molar-refractivity contribution in [2.24, 2.45) is 5.73 Å². The summed E-state index contributed by atoms with van der Waals surface area (Å²) in [4.78, 5) is 1.21. The van der Waals surface area contributed by atoms with Gasteiger partial charge in [0, 0.05) is 16.2 Å². The van der Waals surface area contributed by atoms with Crippen LogP contribution in [-0.4, -0.2) is 5.25 Å². The van der Waals surface area contributed by atoms with Crippen LogP contribution < -0.4 is 5.73 Å². The Morgan fingerprint density at radius 2 is 1.71 bits per heavy atom. The third-order valence-electron chi connectivity index (χ3n) is 3.70. The van der Waals surface area contributed by atoms with E-state index in [2.05, 4.69) is 12.1 Å². The minimum atomic E-state index is -4.30. The number of benzene rings is 2. The monoisotopic (exact) mass is 309 g/mol. The van der Waals surface area contributed by atoms with Crippen molar-refractivity contribution >= 4 is 11.8 Å². The summed E-state index contributed by atoms with van der Waals surface area (Å²) in [6, 6.07) is 13.0. The van der Waals surface area contributed by atoms with Gasteiger partial charge in [0.2, 0.25) is 0 Å². The summed E-state index contributed by atoms with van der Waals surface area (Å²) in [5.41, 5.74) is 7.60. The molecule has 1 aliphatic rings. The second-order valence-corrected chi connectivity index (χ2v) is 6.39. The van der Waals surface area contributed by atoms with Crippen molar-refractivity contribution in [3.63, 3.8) is 0 Å². The van der Waals surface area contributed by atoms with Crippen molar-refractivity contribution in [3.05, 3.63) is 65.2 Å². The van der Waals surface area contributed by atoms with Gasteiger partial charge in [-0.1, -0.05) is 30.3 Å². The predicted molar refractivity (Wildman–Crippen MR) is 78.2 cm³/mol. The smallest absolute Gasteiger partial charge is 0.323 e. The molecule has 2 atom stereocenters. The average Bonchev–Trinajstić information content (AvgIpc) is 2.89. The SMILES string of the molecule is NC(c1ccc(C(F)(F)F)cc1)C1Cc2ccccc2S1. The summed E-state index contributed by atoms with van der Waals surface area (Å²) < 4.78 is 37.7. The number of thioether (sulfide) groups is 1. The molecule has 0 aromatic heterocycles. The molecule has 110 valence electrons. The molecular formula is C16H14F3NS. The highest BCUT2D eigenvalue weighted by Crippen LogP contribution is 2.42. The van der Waals surface area contributed by atoms with Gasteiger partial charge in [0.1, 0.15) is 0 Å². The molecule has 0 radical (unpaired) electrons. The number of hydrogen-bond acceptors (Lipinski definition) is 2. The molecule has 0 amide bonds. The predicted octanol–water partition coefficient (Wildman–Crippen LogP) is 4.42. The van der Waals surface area contributed by atoms with E-state index in [0.29, 0.717) is 0 Å². The van der Waals surface area contributed by atoms with Crippen LogP contribution in [-0.2, 0) is 12.6 Å².